The Bertz CT molecular complexity index is 812. The molecule has 2 aliphatic rings. The van der Waals surface area contributed by atoms with Gasteiger partial charge in [0, 0.05) is 45.0 Å². The normalized spacial score (nSPS) is 17.1. The number of nitrogens with one attached hydrogen (secondary N) is 1. The topological polar surface area (TPSA) is 62.6 Å². The van der Waals surface area contributed by atoms with Crippen molar-refractivity contribution in [3.05, 3.63) is 36.4 Å². The van der Waals surface area contributed by atoms with E-state index in [1.807, 2.05) is 10.9 Å². The van der Waals surface area contributed by atoms with Crippen molar-refractivity contribution in [2.45, 2.75) is 19.4 Å². The third-order valence-electron chi connectivity index (χ3n) is 5.08. The SMILES string of the molecule is COc1cc(F)ccc1N1CCN(C(=O)Nc2cnn(CC3CC3)c2)CC1. The van der Waals surface area contributed by atoms with Crippen LogP contribution in [0.5, 0.6) is 5.75 Å². The minimum atomic E-state index is -0.323. The highest BCUT2D eigenvalue weighted by molar-refractivity contribution is 5.89. The van der Waals surface area contributed by atoms with Gasteiger partial charge in [0.05, 0.1) is 24.7 Å². The molecule has 7 nitrogen and oxygen atoms in total. The van der Waals surface area contributed by atoms with Crippen molar-refractivity contribution in [3.63, 3.8) is 0 Å². The molecular weight excluding hydrogens is 349 g/mol. The molecule has 1 aromatic carbocycles. The lowest BCUT2D eigenvalue weighted by molar-refractivity contribution is 0.208. The molecule has 144 valence electrons. The second kappa shape index (κ2) is 7.46. The van der Waals surface area contributed by atoms with Crippen LogP contribution in [-0.2, 0) is 6.54 Å². The molecule has 1 saturated carbocycles. The first-order chi connectivity index (χ1) is 13.1. The second-order valence-electron chi connectivity index (χ2n) is 7.11. The Kier molecular flexibility index (Phi) is 4.87. The maximum absolute atomic E-state index is 13.4. The summed E-state index contributed by atoms with van der Waals surface area (Å²) >= 11 is 0. The molecule has 1 aliphatic heterocycles. The highest BCUT2D eigenvalue weighted by Gasteiger charge is 2.24. The molecule has 27 heavy (non-hydrogen) atoms. The van der Waals surface area contributed by atoms with E-state index in [9.17, 15) is 9.18 Å². The van der Waals surface area contributed by atoms with Crippen LogP contribution in [-0.4, -0.2) is 54.0 Å². The lowest BCUT2D eigenvalue weighted by atomic mass is 10.2. The van der Waals surface area contributed by atoms with E-state index in [0.717, 1.165) is 23.8 Å². The minimum Gasteiger partial charge on any atom is -0.494 e. The smallest absolute Gasteiger partial charge is 0.322 e. The van der Waals surface area contributed by atoms with Gasteiger partial charge in [-0.05, 0) is 30.9 Å². The number of rotatable bonds is 5. The largest absolute Gasteiger partial charge is 0.494 e. The zero-order valence-electron chi connectivity index (χ0n) is 15.4. The van der Waals surface area contributed by atoms with Crippen LogP contribution in [0.4, 0.5) is 20.6 Å². The Morgan fingerprint density at radius 2 is 2.07 bits per heavy atom. The van der Waals surface area contributed by atoms with Gasteiger partial charge < -0.3 is 19.9 Å². The Labute approximate surface area is 157 Å². The number of halogens is 1. The van der Waals surface area contributed by atoms with Crippen LogP contribution in [0.3, 0.4) is 0 Å². The van der Waals surface area contributed by atoms with Gasteiger partial charge in [-0.2, -0.15) is 5.10 Å². The summed E-state index contributed by atoms with van der Waals surface area (Å²) in [5.74, 6) is 0.928. The van der Waals surface area contributed by atoms with Crippen LogP contribution in [0.1, 0.15) is 12.8 Å². The number of carbonyl (C=O) groups is 1. The fourth-order valence-electron chi connectivity index (χ4n) is 3.36. The maximum Gasteiger partial charge on any atom is 0.322 e. The number of hydrogen-bond acceptors (Lipinski definition) is 4. The Balaban J connectivity index is 1.32. The number of anilines is 2. The first-order valence-electron chi connectivity index (χ1n) is 9.29. The number of benzene rings is 1. The summed E-state index contributed by atoms with van der Waals surface area (Å²) in [4.78, 5) is 16.4. The lowest BCUT2D eigenvalue weighted by Gasteiger charge is -2.36. The quantitative estimate of drug-likeness (QED) is 0.875. The molecule has 1 aliphatic carbocycles. The van der Waals surface area contributed by atoms with Crippen LogP contribution in [0.25, 0.3) is 0 Å². The monoisotopic (exact) mass is 373 g/mol. The number of aromatic nitrogens is 2. The molecule has 1 N–H and O–H groups in total. The predicted molar refractivity (Wildman–Crippen MR) is 101 cm³/mol. The number of nitrogens with zero attached hydrogens (tertiary/aromatic N) is 4. The highest BCUT2D eigenvalue weighted by atomic mass is 19.1. The Morgan fingerprint density at radius 3 is 2.78 bits per heavy atom. The average Bonchev–Trinajstić information content (AvgIpc) is 3.39. The van der Waals surface area contributed by atoms with Gasteiger partial charge in [0.25, 0.3) is 0 Å². The molecule has 2 fully saturated rings. The fourth-order valence-corrected chi connectivity index (χ4v) is 3.36. The third kappa shape index (κ3) is 4.15. The third-order valence-corrected chi connectivity index (χ3v) is 5.08. The molecule has 0 bridgehead atoms. The molecule has 0 atom stereocenters. The lowest BCUT2D eigenvalue weighted by Crippen LogP contribution is -2.50. The molecule has 0 spiro atoms. The zero-order valence-corrected chi connectivity index (χ0v) is 15.4. The first-order valence-corrected chi connectivity index (χ1v) is 9.29. The first kappa shape index (κ1) is 17.6. The molecule has 0 unspecified atom stereocenters. The summed E-state index contributed by atoms with van der Waals surface area (Å²) in [5, 5.41) is 7.22. The van der Waals surface area contributed by atoms with Crippen LogP contribution in [0.15, 0.2) is 30.6 Å². The zero-order chi connectivity index (χ0) is 18.8. The van der Waals surface area contributed by atoms with Crippen molar-refractivity contribution in [1.82, 2.24) is 14.7 Å². The van der Waals surface area contributed by atoms with Gasteiger partial charge in [-0.25, -0.2) is 9.18 Å². The van der Waals surface area contributed by atoms with Gasteiger partial charge in [0.1, 0.15) is 11.6 Å². The fraction of sp³-hybridized carbons (Fsp3) is 0.474. The summed E-state index contributed by atoms with van der Waals surface area (Å²) in [6.07, 6.45) is 6.12. The summed E-state index contributed by atoms with van der Waals surface area (Å²) in [5.41, 5.74) is 1.57. The number of ether oxygens (including phenoxy) is 1. The minimum absolute atomic E-state index is 0.119. The summed E-state index contributed by atoms with van der Waals surface area (Å²) in [6.45, 7) is 3.42. The second-order valence-corrected chi connectivity index (χ2v) is 7.11. The van der Waals surface area contributed by atoms with E-state index in [1.165, 1.54) is 32.1 Å². The Hall–Kier alpha value is -2.77. The molecule has 2 amide bonds. The van der Waals surface area contributed by atoms with Crippen molar-refractivity contribution in [2.75, 3.05) is 43.5 Å². The van der Waals surface area contributed by atoms with Crippen molar-refractivity contribution in [3.8, 4) is 5.75 Å². The van der Waals surface area contributed by atoms with Gasteiger partial charge in [-0.1, -0.05) is 0 Å². The number of urea groups is 1. The summed E-state index contributed by atoms with van der Waals surface area (Å²) in [6, 6.07) is 4.41. The molecule has 1 aromatic heterocycles. The van der Waals surface area contributed by atoms with Gasteiger partial charge in [0.2, 0.25) is 0 Å². The number of piperazine rings is 1. The number of carbonyl (C=O) groups excluding carboxylic acids is 1. The van der Waals surface area contributed by atoms with E-state index in [1.54, 1.807) is 17.2 Å². The highest BCUT2D eigenvalue weighted by Crippen LogP contribution is 2.31. The molecule has 8 heteroatoms. The van der Waals surface area contributed by atoms with Crippen LogP contribution in [0.2, 0.25) is 0 Å². The van der Waals surface area contributed by atoms with Gasteiger partial charge in [-0.3, -0.25) is 4.68 Å². The van der Waals surface area contributed by atoms with E-state index in [4.69, 9.17) is 4.74 Å². The van der Waals surface area contributed by atoms with Crippen LogP contribution < -0.4 is 15.0 Å². The van der Waals surface area contributed by atoms with E-state index < -0.39 is 0 Å². The number of hydrogen-bond donors (Lipinski definition) is 1. The molecule has 2 aromatic rings. The van der Waals surface area contributed by atoms with Crippen molar-refractivity contribution < 1.29 is 13.9 Å². The van der Waals surface area contributed by atoms with Crippen molar-refractivity contribution in [1.29, 1.82) is 0 Å². The molecule has 1 saturated heterocycles. The van der Waals surface area contributed by atoms with Crippen LogP contribution in [0, 0.1) is 11.7 Å². The van der Waals surface area contributed by atoms with E-state index in [-0.39, 0.29) is 11.8 Å². The maximum atomic E-state index is 13.4. The van der Waals surface area contributed by atoms with Gasteiger partial charge in [-0.15, -0.1) is 0 Å². The van der Waals surface area contributed by atoms with E-state index in [0.29, 0.717) is 31.9 Å². The van der Waals surface area contributed by atoms with E-state index in [2.05, 4.69) is 15.3 Å². The predicted octanol–water partition coefficient (Wildman–Crippen LogP) is 2.79. The number of methoxy groups -OCH3 is 1. The standard InChI is InChI=1S/C19H24FN5O2/c1-27-18-10-15(20)4-5-17(18)23-6-8-24(9-7-23)19(26)22-16-11-21-25(13-16)12-14-2-3-14/h4-5,10-11,13-14H,2-3,6-9,12H2,1H3,(H,22,26). The van der Waals surface area contributed by atoms with E-state index >= 15 is 0 Å². The molecule has 0 radical (unpaired) electrons. The summed E-state index contributed by atoms with van der Waals surface area (Å²) in [7, 11) is 1.53. The number of amides is 2. The molecule has 2 heterocycles. The Morgan fingerprint density at radius 1 is 1.30 bits per heavy atom. The van der Waals surface area contributed by atoms with Gasteiger partial charge >= 0.3 is 6.03 Å². The van der Waals surface area contributed by atoms with Crippen molar-refractivity contribution >= 4 is 17.4 Å². The average molecular weight is 373 g/mol. The van der Waals surface area contributed by atoms with Crippen molar-refractivity contribution in [2.24, 2.45) is 5.92 Å². The summed E-state index contributed by atoms with van der Waals surface area (Å²) < 4.78 is 20.6. The van der Waals surface area contributed by atoms with Gasteiger partial charge in [0.15, 0.2) is 0 Å². The molecular formula is C19H24FN5O2. The molecule has 4 rings (SSSR count). The van der Waals surface area contributed by atoms with Crippen LogP contribution >= 0.6 is 0 Å².